The van der Waals surface area contributed by atoms with Crippen LogP contribution in [0.5, 0.6) is 0 Å². The topological polar surface area (TPSA) is 61.8 Å². The normalized spacial score (nSPS) is 14.0. The van der Waals surface area contributed by atoms with Crippen LogP contribution in [0.1, 0.15) is 20.8 Å². The van der Waals surface area contributed by atoms with Crippen molar-refractivity contribution in [3.8, 4) is 0 Å². The SMILES string of the molecule is CCOP(=O)(OCC)C(C)C=CC(=O)OC. The molecule has 0 amide bonds. The lowest BCUT2D eigenvalue weighted by Crippen LogP contribution is -2.08. The monoisotopic (exact) mass is 250 g/mol. The van der Waals surface area contributed by atoms with Gasteiger partial charge in [0.15, 0.2) is 0 Å². The maximum atomic E-state index is 12.2. The van der Waals surface area contributed by atoms with Crippen molar-refractivity contribution >= 4 is 13.6 Å². The van der Waals surface area contributed by atoms with E-state index in [1.54, 1.807) is 20.8 Å². The molecule has 0 fully saturated rings. The Balaban J connectivity index is 4.61. The van der Waals surface area contributed by atoms with Crippen molar-refractivity contribution < 1.29 is 23.1 Å². The number of allylic oxidation sites excluding steroid dienone is 1. The molecule has 0 saturated carbocycles. The van der Waals surface area contributed by atoms with E-state index in [4.69, 9.17) is 9.05 Å². The first-order valence-electron chi connectivity index (χ1n) is 5.15. The summed E-state index contributed by atoms with van der Waals surface area (Å²) in [6, 6.07) is 0. The van der Waals surface area contributed by atoms with E-state index in [9.17, 15) is 9.36 Å². The minimum Gasteiger partial charge on any atom is -0.466 e. The molecule has 0 N–H and O–H groups in total. The molecular weight excluding hydrogens is 231 g/mol. The Hall–Kier alpha value is -0.640. The Kier molecular flexibility index (Phi) is 7.30. The first-order chi connectivity index (χ1) is 7.50. The molecule has 0 aromatic rings. The van der Waals surface area contributed by atoms with Crippen LogP contribution in [-0.4, -0.2) is 32.0 Å². The maximum Gasteiger partial charge on any atom is 0.337 e. The Labute approximate surface area is 96.3 Å². The molecule has 5 nitrogen and oxygen atoms in total. The molecule has 1 unspecified atom stereocenters. The van der Waals surface area contributed by atoms with Gasteiger partial charge >= 0.3 is 13.6 Å². The molecule has 0 aliphatic carbocycles. The van der Waals surface area contributed by atoms with Crippen molar-refractivity contribution in [2.45, 2.75) is 26.4 Å². The summed E-state index contributed by atoms with van der Waals surface area (Å²) in [5.74, 6) is -0.494. The highest BCUT2D eigenvalue weighted by atomic mass is 31.2. The van der Waals surface area contributed by atoms with Crippen molar-refractivity contribution in [1.82, 2.24) is 0 Å². The summed E-state index contributed by atoms with van der Waals surface area (Å²) in [4.78, 5) is 10.9. The molecule has 0 rings (SSSR count). The Bertz CT molecular complexity index is 277. The largest absolute Gasteiger partial charge is 0.466 e. The molecule has 0 bridgehead atoms. The summed E-state index contributed by atoms with van der Waals surface area (Å²) in [5, 5.41) is 0. The Morgan fingerprint density at radius 1 is 1.31 bits per heavy atom. The summed E-state index contributed by atoms with van der Waals surface area (Å²) in [6.07, 6.45) is 2.69. The predicted molar refractivity (Wildman–Crippen MR) is 61.5 cm³/mol. The minimum absolute atomic E-state index is 0.299. The van der Waals surface area contributed by atoms with E-state index in [1.165, 1.54) is 19.3 Å². The van der Waals surface area contributed by atoms with Gasteiger partial charge in [-0.25, -0.2) is 4.79 Å². The quantitative estimate of drug-likeness (QED) is 0.394. The maximum absolute atomic E-state index is 12.2. The second-order valence-electron chi connectivity index (χ2n) is 3.00. The van der Waals surface area contributed by atoms with E-state index in [0.717, 1.165) is 0 Å². The van der Waals surface area contributed by atoms with Crippen LogP contribution in [-0.2, 0) is 23.1 Å². The van der Waals surface area contributed by atoms with E-state index in [2.05, 4.69) is 4.74 Å². The highest BCUT2D eigenvalue weighted by Gasteiger charge is 2.29. The predicted octanol–water partition coefficient (Wildman–Crippen LogP) is 2.37. The third-order valence-electron chi connectivity index (χ3n) is 1.83. The van der Waals surface area contributed by atoms with Gasteiger partial charge in [0.2, 0.25) is 0 Å². The average Bonchev–Trinajstić information content (AvgIpc) is 2.25. The van der Waals surface area contributed by atoms with E-state index < -0.39 is 19.2 Å². The van der Waals surface area contributed by atoms with Crippen molar-refractivity contribution in [2.24, 2.45) is 0 Å². The number of rotatable bonds is 7. The fraction of sp³-hybridized carbons (Fsp3) is 0.700. The molecule has 1 atom stereocenters. The molecule has 0 aromatic carbocycles. The summed E-state index contributed by atoms with van der Waals surface area (Å²) >= 11 is 0. The molecule has 0 aliphatic rings. The van der Waals surface area contributed by atoms with Gasteiger partial charge in [-0.3, -0.25) is 4.57 Å². The summed E-state index contributed by atoms with van der Waals surface area (Å²) in [6.45, 7) is 5.75. The van der Waals surface area contributed by atoms with Crippen LogP contribution in [0.15, 0.2) is 12.2 Å². The van der Waals surface area contributed by atoms with Gasteiger partial charge in [0.1, 0.15) is 0 Å². The number of ether oxygens (including phenoxy) is 1. The number of methoxy groups -OCH3 is 1. The summed E-state index contributed by atoms with van der Waals surface area (Å²) in [7, 11) is -1.89. The highest BCUT2D eigenvalue weighted by Crippen LogP contribution is 2.53. The van der Waals surface area contributed by atoms with E-state index in [0.29, 0.717) is 13.2 Å². The first-order valence-corrected chi connectivity index (χ1v) is 6.76. The molecule has 16 heavy (non-hydrogen) atoms. The van der Waals surface area contributed by atoms with Crippen LogP contribution >= 0.6 is 7.60 Å². The van der Waals surface area contributed by atoms with Crippen molar-refractivity contribution in [3.05, 3.63) is 12.2 Å². The molecule has 0 aliphatic heterocycles. The Morgan fingerprint density at radius 3 is 2.19 bits per heavy atom. The third kappa shape index (κ3) is 4.92. The van der Waals surface area contributed by atoms with Gasteiger partial charge < -0.3 is 13.8 Å². The number of esters is 1. The number of hydrogen-bond donors (Lipinski definition) is 0. The van der Waals surface area contributed by atoms with Gasteiger partial charge in [-0.1, -0.05) is 6.08 Å². The Morgan fingerprint density at radius 2 is 1.81 bits per heavy atom. The summed E-state index contributed by atoms with van der Waals surface area (Å²) < 4.78 is 26.9. The van der Waals surface area contributed by atoms with Gasteiger partial charge in [0.25, 0.3) is 0 Å². The fourth-order valence-corrected chi connectivity index (χ4v) is 2.59. The standard InChI is InChI=1S/C10H19O5P/c1-5-14-16(12,15-6-2)9(3)7-8-10(11)13-4/h7-9H,5-6H2,1-4H3. The lowest BCUT2D eigenvalue weighted by atomic mass is 10.4. The van der Waals surface area contributed by atoms with Crippen LogP contribution in [0.25, 0.3) is 0 Å². The average molecular weight is 250 g/mol. The van der Waals surface area contributed by atoms with E-state index in [-0.39, 0.29) is 0 Å². The van der Waals surface area contributed by atoms with Crippen molar-refractivity contribution in [2.75, 3.05) is 20.3 Å². The smallest absolute Gasteiger partial charge is 0.337 e. The van der Waals surface area contributed by atoms with E-state index >= 15 is 0 Å². The van der Waals surface area contributed by atoms with Crippen LogP contribution in [0.4, 0.5) is 0 Å². The third-order valence-corrected chi connectivity index (χ3v) is 4.23. The van der Waals surface area contributed by atoms with Gasteiger partial charge in [-0.15, -0.1) is 0 Å². The van der Waals surface area contributed by atoms with Crippen molar-refractivity contribution in [1.29, 1.82) is 0 Å². The lowest BCUT2D eigenvalue weighted by Gasteiger charge is -2.20. The molecular formula is C10H19O5P. The fourth-order valence-electron chi connectivity index (χ4n) is 1.02. The van der Waals surface area contributed by atoms with E-state index in [1.807, 2.05) is 0 Å². The number of carbonyl (C=O) groups excluding carboxylic acids is 1. The van der Waals surface area contributed by atoms with Crippen LogP contribution in [0, 0.1) is 0 Å². The highest BCUT2D eigenvalue weighted by molar-refractivity contribution is 7.54. The lowest BCUT2D eigenvalue weighted by molar-refractivity contribution is -0.134. The minimum atomic E-state index is -3.17. The van der Waals surface area contributed by atoms with Gasteiger partial charge in [0.05, 0.1) is 26.0 Å². The zero-order valence-electron chi connectivity index (χ0n) is 10.1. The second-order valence-corrected chi connectivity index (χ2v) is 5.41. The molecule has 0 heterocycles. The van der Waals surface area contributed by atoms with Gasteiger partial charge in [-0.2, -0.15) is 0 Å². The second kappa shape index (κ2) is 7.60. The molecule has 0 aromatic heterocycles. The summed E-state index contributed by atoms with van der Waals surface area (Å²) in [5.41, 5.74) is -0.480. The van der Waals surface area contributed by atoms with Crippen LogP contribution in [0.2, 0.25) is 0 Å². The number of hydrogen-bond acceptors (Lipinski definition) is 5. The van der Waals surface area contributed by atoms with Gasteiger partial charge in [0, 0.05) is 6.08 Å². The van der Waals surface area contributed by atoms with Crippen molar-refractivity contribution in [3.63, 3.8) is 0 Å². The van der Waals surface area contributed by atoms with Crippen LogP contribution < -0.4 is 0 Å². The van der Waals surface area contributed by atoms with Crippen LogP contribution in [0.3, 0.4) is 0 Å². The first kappa shape index (κ1) is 15.4. The zero-order chi connectivity index (χ0) is 12.6. The number of carbonyl (C=O) groups is 1. The molecule has 94 valence electrons. The zero-order valence-corrected chi connectivity index (χ0v) is 11.0. The molecule has 0 saturated heterocycles. The molecule has 0 radical (unpaired) electrons. The molecule has 0 spiro atoms. The molecule has 6 heteroatoms. The van der Waals surface area contributed by atoms with Gasteiger partial charge in [-0.05, 0) is 20.8 Å².